The molecule has 0 aliphatic carbocycles. The van der Waals surface area contributed by atoms with Crippen molar-refractivity contribution < 1.29 is 32.9 Å². The summed E-state index contributed by atoms with van der Waals surface area (Å²) in [6.07, 6.45) is 89.9. The van der Waals surface area contributed by atoms with Crippen molar-refractivity contribution in [3.63, 3.8) is 0 Å². The molecule has 0 radical (unpaired) electrons. The van der Waals surface area contributed by atoms with Crippen LogP contribution in [-0.2, 0) is 18.4 Å². The molecular formula is C75H146N2O6P+. The molecule has 0 aliphatic heterocycles. The lowest BCUT2D eigenvalue weighted by atomic mass is 10.0. The van der Waals surface area contributed by atoms with E-state index in [0.29, 0.717) is 17.4 Å². The normalized spacial score (nSPS) is 13.8. The molecule has 84 heavy (non-hydrogen) atoms. The summed E-state index contributed by atoms with van der Waals surface area (Å²) in [5.74, 6) is -0.169. The number of allylic oxidation sites excluding steroid dienone is 7. The van der Waals surface area contributed by atoms with E-state index in [0.717, 1.165) is 44.9 Å². The van der Waals surface area contributed by atoms with Crippen LogP contribution in [0, 0.1) is 0 Å². The lowest BCUT2D eigenvalue weighted by molar-refractivity contribution is -0.870. The van der Waals surface area contributed by atoms with Crippen LogP contribution >= 0.6 is 7.82 Å². The number of hydrogen-bond donors (Lipinski definition) is 3. The van der Waals surface area contributed by atoms with Gasteiger partial charge in [-0.3, -0.25) is 13.8 Å². The fraction of sp³-hybridized carbons (Fsp3) is 0.880. The van der Waals surface area contributed by atoms with Gasteiger partial charge in [-0.15, -0.1) is 0 Å². The Morgan fingerprint density at radius 2 is 0.679 bits per heavy atom. The van der Waals surface area contributed by atoms with E-state index in [4.69, 9.17) is 9.05 Å². The predicted molar refractivity (Wildman–Crippen MR) is 369 cm³/mol. The van der Waals surface area contributed by atoms with Gasteiger partial charge in [0.25, 0.3) is 0 Å². The highest BCUT2D eigenvalue weighted by Gasteiger charge is 2.28. The van der Waals surface area contributed by atoms with Crippen molar-refractivity contribution in [2.24, 2.45) is 0 Å². The first kappa shape index (κ1) is 82.5. The number of nitrogens with one attached hydrogen (secondary N) is 1. The van der Waals surface area contributed by atoms with E-state index in [2.05, 4.69) is 55.6 Å². The van der Waals surface area contributed by atoms with E-state index in [1.807, 2.05) is 27.2 Å². The first-order valence-electron chi connectivity index (χ1n) is 37.0. The number of rotatable bonds is 69. The lowest BCUT2D eigenvalue weighted by Crippen LogP contribution is -2.45. The number of quaternary nitrogens is 1. The first-order chi connectivity index (χ1) is 41.0. The molecule has 0 spiro atoms. The van der Waals surface area contributed by atoms with Crippen molar-refractivity contribution >= 4 is 13.7 Å². The highest BCUT2D eigenvalue weighted by molar-refractivity contribution is 7.47. The van der Waals surface area contributed by atoms with Crippen LogP contribution in [0.15, 0.2) is 48.6 Å². The Morgan fingerprint density at radius 1 is 0.405 bits per heavy atom. The Morgan fingerprint density at radius 3 is 0.988 bits per heavy atom. The molecule has 0 rings (SSSR count). The van der Waals surface area contributed by atoms with E-state index >= 15 is 0 Å². The maximum absolute atomic E-state index is 13.1. The van der Waals surface area contributed by atoms with Crippen molar-refractivity contribution in [1.29, 1.82) is 0 Å². The van der Waals surface area contributed by atoms with Crippen LogP contribution < -0.4 is 5.32 Å². The molecule has 0 saturated heterocycles. The van der Waals surface area contributed by atoms with Gasteiger partial charge in [-0.25, -0.2) is 4.57 Å². The second-order valence-corrected chi connectivity index (χ2v) is 28.1. The molecule has 0 aromatic carbocycles. The van der Waals surface area contributed by atoms with Crippen LogP contribution in [0.5, 0.6) is 0 Å². The smallest absolute Gasteiger partial charge is 0.387 e. The summed E-state index contributed by atoms with van der Waals surface area (Å²) >= 11 is 0. The zero-order valence-electron chi connectivity index (χ0n) is 56.9. The highest BCUT2D eigenvalue weighted by Crippen LogP contribution is 2.43. The van der Waals surface area contributed by atoms with Crippen LogP contribution in [0.2, 0.25) is 0 Å². The summed E-state index contributed by atoms with van der Waals surface area (Å²) in [5.41, 5.74) is 0. The van der Waals surface area contributed by atoms with E-state index in [9.17, 15) is 19.4 Å². The van der Waals surface area contributed by atoms with Crippen LogP contribution in [0.25, 0.3) is 0 Å². The summed E-state index contributed by atoms with van der Waals surface area (Å²) in [7, 11) is 1.59. The second-order valence-electron chi connectivity index (χ2n) is 26.7. The Kier molecular flexibility index (Phi) is 64.7. The predicted octanol–water partition coefficient (Wildman–Crippen LogP) is 23.8. The fourth-order valence-corrected chi connectivity index (χ4v) is 12.0. The Balaban J connectivity index is 3.95. The number of phosphoric acid groups is 1. The molecule has 496 valence electrons. The summed E-state index contributed by atoms with van der Waals surface area (Å²) in [6.45, 7) is 4.86. The molecule has 3 atom stereocenters. The summed E-state index contributed by atoms with van der Waals surface area (Å²) in [5, 5.41) is 14.0. The number of carbonyl (C=O) groups is 1. The van der Waals surface area contributed by atoms with Crippen molar-refractivity contribution in [1.82, 2.24) is 5.32 Å². The third-order valence-corrected chi connectivity index (χ3v) is 18.0. The molecular weight excluding hydrogens is 1060 g/mol. The third-order valence-electron chi connectivity index (χ3n) is 17.0. The number of carbonyl (C=O) groups excluding carboxylic acids is 1. The Hall–Kier alpha value is -1.54. The zero-order chi connectivity index (χ0) is 61.2. The molecule has 0 heterocycles. The summed E-state index contributed by atoms with van der Waals surface area (Å²) in [6, 6.07) is -0.847. The number of hydrogen-bond acceptors (Lipinski definition) is 5. The zero-order valence-corrected chi connectivity index (χ0v) is 57.8. The van der Waals surface area contributed by atoms with E-state index in [1.54, 1.807) is 6.08 Å². The number of aliphatic hydroxyl groups excluding tert-OH is 1. The SMILES string of the molecule is CCCCCCC/C=C\C/C=C\C/C=C\CCCCCCCCCCCCCCCCCCCCCCCCCCC(=O)NC(COP(=O)(O)OCC[N+](C)(C)C)C(O)/C=C/CCCCCCCCCCCCCCCCCCCCCCC. The van der Waals surface area contributed by atoms with Gasteiger partial charge >= 0.3 is 7.82 Å². The molecule has 0 aromatic heterocycles. The molecule has 1 amide bonds. The van der Waals surface area contributed by atoms with E-state index in [-0.39, 0.29) is 19.1 Å². The van der Waals surface area contributed by atoms with Gasteiger partial charge in [0.05, 0.1) is 39.9 Å². The monoisotopic (exact) mass is 1200 g/mol. The minimum atomic E-state index is -4.35. The topological polar surface area (TPSA) is 105 Å². The van der Waals surface area contributed by atoms with Gasteiger partial charge in [0.2, 0.25) is 5.91 Å². The lowest BCUT2D eigenvalue weighted by Gasteiger charge is -2.25. The molecule has 3 unspecified atom stereocenters. The maximum atomic E-state index is 13.1. The second kappa shape index (κ2) is 65.9. The third kappa shape index (κ3) is 68.0. The average molecular weight is 1200 g/mol. The van der Waals surface area contributed by atoms with Gasteiger partial charge in [0.1, 0.15) is 13.2 Å². The summed E-state index contributed by atoms with van der Waals surface area (Å²) in [4.78, 5) is 23.4. The summed E-state index contributed by atoms with van der Waals surface area (Å²) < 4.78 is 23.8. The maximum Gasteiger partial charge on any atom is 0.472 e. The van der Waals surface area contributed by atoms with E-state index < -0.39 is 20.0 Å². The van der Waals surface area contributed by atoms with Crippen LogP contribution in [0.3, 0.4) is 0 Å². The Labute approximate surface area is 524 Å². The largest absolute Gasteiger partial charge is 0.472 e. The quantitative estimate of drug-likeness (QED) is 0.0243. The van der Waals surface area contributed by atoms with Gasteiger partial charge in [0.15, 0.2) is 0 Å². The number of aliphatic hydroxyl groups is 1. The molecule has 0 aromatic rings. The van der Waals surface area contributed by atoms with Crippen molar-refractivity contribution in [3.8, 4) is 0 Å². The van der Waals surface area contributed by atoms with Crippen molar-refractivity contribution in [2.45, 2.75) is 386 Å². The number of nitrogens with zero attached hydrogens (tertiary/aromatic N) is 1. The number of unbranched alkanes of at least 4 members (excludes halogenated alkanes) is 50. The number of amides is 1. The number of likely N-dealkylation sites (N-methyl/N-ethyl adjacent to an activating group) is 1. The Bertz CT molecular complexity index is 1510. The fourth-order valence-electron chi connectivity index (χ4n) is 11.3. The van der Waals surface area contributed by atoms with Gasteiger partial charge in [-0.05, 0) is 57.8 Å². The number of phosphoric ester groups is 1. The van der Waals surface area contributed by atoms with Gasteiger partial charge < -0.3 is 19.8 Å². The average Bonchev–Trinajstić information content (AvgIpc) is 3.56. The van der Waals surface area contributed by atoms with Crippen LogP contribution in [0.1, 0.15) is 373 Å². The van der Waals surface area contributed by atoms with Crippen molar-refractivity contribution in [2.75, 3.05) is 40.9 Å². The molecule has 0 bridgehead atoms. The van der Waals surface area contributed by atoms with Gasteiger partial charge in [0, 0.05) is 6.42 Å². The van der Waals surface area contributed by atoms with Gasteiger partial charge in [-0.2, -0.15) is 0 Å². The van der Waals surface area contributed by atoms with Crippen LogP contribution in [-0.4, -0.2) is 73.4 Å². The molecule has 8 nitrogen and oxygen atoms in total. The molecule has 9 heteroatoms. The first-order valence-corrected chi connectivity index (χ1v) is 38.5. The standard InChI is InChI=1S/C75H145N2O6P/c1-6-8-10-12-14-16-18-20-22-24-26-28-30-31-32-33-34-35-36-37-38-39-40-41-42-43-44-45-47-49-51-53-55-57-59-61-63-65-67-69-75(79)76-73(72-83-84(80,81)82-71-70-77(3,4)5)74(78)68-66-64-62-60-58-56-54-52-50-48-46-29-27-25-23-21-19-17-15-13-11-9-7-2/h18,20,24,26,30-31,66,68,73-74,78H,6-17,19,21-23,25,27-29,32-65,67,69-72H2,1-5H3,(H-,76,79,80,81)/p+1/b20-18-,26-24-,31-30-,68-66+. The molecule has 0 aliphatic rings. The van der Waals surface area contributed by atoms with Crippen LogP contribution in [0.4, 0.5) is 0 Å². The molecule has 3 N–H and O–H groups in total. The minimum absolute atomic E-state index is 0.0635. The molecule has 0 fully saturated rings. The molecule has 0 saturated carbocycles. The van der Waals surface area contributed by atoms with Crippen molar-refractivity contribution in [3.05, 3.63) is 48.6 Å². The van der Waals surface area contributed by atoms with Gasteiger partial charge in [-0.1, -0.05) is 358 Å². The highest BCUT2D eigenvalue weighted by atomic mass is 31.2. The van der Waals surface area contributed by atoms with E-state index in [1.165, 1.54) is 308 Å². The minimum Gasteiger partial charge on any atom is -0.387 e.